The van der Waals surface area contributed by atoms with Crippen LogP contribution < -0.4 is 9.47 Å². The smallest absolute Gasteiger partial charge is 0.219 e. The Morgan fingerprint density at radius 2 is 1.94 bits per heavy atom. The second-order valence-corrected chi connectivity index (χ2v) is 4.23. The van der Waals surface area contributed by atoms with Crippen LogP contribution in [0.15, 0.2) is 42.6 Å². The number of methoxy groups -OCH3 is 1. The molecule has 3 nitrogen and oxygen atoms in total. The quantitative estimate of drug-likeness (QED) is 0.809. The van der Waals surface area contributed by atoms with E-state index in [-0.39, 0.29) is 0 Å². The van der Waals surface area contributed by atoms with E-state index >= 15 is 0 Å². The van der Waals surface area contributed by atoms with E-state index in [4.69, 9.17) is 9.47 Å². The fourth-order valence-corrected chi connectivity index (χ4v) is 1.69. The summed E-state index contributed by atoms with van der Waals surface area (Å²) in [7, 11) is 1.61. The molecule has 1 aromatic heterocycles. The molecule has 0 aliphatic rings. The van der Waals surface area contributed by atoms with Gasteiger partial charge in [0, 0.05) is 6.07 Å². The molecule has 0 N–H and O–H groups in total. The second-order valence-electron chi connectivity index (χ2n) is 3.07. The third-order valence-corrected chi connectivity index (χ3v) is 2.89. The van der Waals surface area contributed by atoms with Crippen molar-refractivity contribution in [1.29, 1.82) is 0 Å². The number of halogens is 1. The standard InChI is InChI=1S/C12H10INO2/c1-15-9-6-7-12(14-8-9)16-11-5-3-2-4-10(11)13/h2-8H,1H3. The number of aromatic nitrogens is 1. The summed E-state index contributed by atoms with van der Waals surface area (Å²) in [6.45, 7) is 0. The predicted octanol–water partition coefficient (Wildman–Crippen LogP) is 3.49. The van der Waals surface area contributed by atoms with Crippen LogP contribution in [-0.4, -0.2) is 12.1 Å². The average Bonchev–Trinajstić information content (AvgIpc) is 2.33. The second kappa shape index (κ2) is 5.16. The third kappa shape index (κ3) is 2.63. The van der Waals surface area contributed by atoms with Gasteiger partial charge in [-0.2, -0.15) is 0 Å². The van der Waals surface area contributed by atoms with Gasteiger partial charge in [-0.05, 0) is 40.8 Å². The summed E-state index contributed by atoms with van der Waals surface area (Å²) in [5.41, 5.74) is 0. The molecule has 0 saturated carbocycles. The van der Waals surface area contributed by atoms with Gasteiger partial charge in [-0.3, -0.25) is 0 Å². The molecular weight excluding hydrogens is 317 g/mol. The van der Waals surface area contributed by atoms with Gasteiger partial charge in [0.25, 0.3) is 0 Å². The molecule has 1 aromatic carbocycles. The lowest BCUT2D eigenvalue weighted by molar-refractivity contribution is 0.407. The summed E-state index contributed by atoms with van der Waals surface area (Å²) in [5.74, 6) is 2.08. The molecule has 0 unspecified atom stereocenters. The summed E-state index contributed by atoms with van der Waals surface area (Å²) >= 11 is 2.22. The summed E-state index contributed by atoms with van der Waals surface area (Å²) in [5, 5.41) is 0. The molecule has 4 heteroatoms. The van der Waals surface area contributed by atoms with Crippen LogP contribution in [0, 0.1) is 3.57 Å². The number of hydrogen-bond acceptors (Lipinski definition) is 3. The predicted molar refractivity (Wildman–Crippen MR) is 70.0 cm³/mol. The fraction of sp³-hybridized carbons (Fsp3) is 0.0833. The van der Waals surface area contributed by atoms with Gasteiger partial charge in [0.2, 0.25) is 5.88 Å². The number of rotatable bonds is 3. The molecule has 0 spiro atoms. The lowest BCUT2D eigenvalue weighted by Gasteiger charge is -2.06. The van der Waals surface area contributed by atoms with Crippen LogP contribution in [0.3, 0.4) is 0 Å². The van der Waals surface area contributed by atoms with Gasteiger partial charge in [-0.15, -0.1) is 0 Å². The maximum Gasteiger partial charge on any atom is 0.219 e. The Labute approximate surface area is 108 Å². The van der Waals surface area contributed by atoms with E-state index in [0.29, 0.717) is 5.88 Å². The van der Waals surface area contributed by atoms with Crippen LogP contribution in [0.25, 0.3) is 0 Å². The Bertz CT molecular complexity index is 471. The van der Waals surface area contributed by atoms with Crippen molar-refractivity contribution < 1.29 is 9.47 Å². The van der Waals surface area contributed by atoms with Crippen molar-refractivity contribution in [3.8, 4) is 17.4 Å². The molecule has 0 radical (unpaired) electrons. The molecular formula is C12H10INO2. The van der Waals surface area contributed by atoms with E-state index in [0.717, 1.165) is 15.1 Å². The molecule has 82 valence electrons. The van der Waals surface area contributed by atoms with E-state index < -0.39 is 0 Å². The normalized spacial score (nSPS) is 9.88. The first-order valence-electron chi connectivity index (χ1n) is 4.72. The van der Waals surface area contributed by atoms with Crippen molar-refractivity contribution in [3.63, 3.8) is 0 Å². The van der Waals surface area contributed by atoms with Gasteiger partial charge in [0.05, 0.1) is 16.9 Å². The van der Waals surface area contributed by atoms with E-state index in [1.807, 2.05) is 30.3 Å². The largest absolute Gasteiger partial charge is 0.495 e. The Morgan fingerprint density at radius 3 is 2.56 bits per heavy atom. The zero-order valence-corrected chi connectivity index (χ0v) is 10.8. The topological polar surface area (TPSA) is 31.4 Å². The van der Waals surface area contributed by atoms with Crippen molar-refractivity contribution >= 4 is 22.6 Å². The number of para-hydroxylation sites is 1. The monoisotopic (exact) mass is 327 g/mol. The van der Waals surface area contributed by atoms with Crippen molar-refractivity contribution in [2.75, 3.05) is 7.11 Å². The highest BCUT2D eigenvalue weighted by atomic mass is 127. The SMILES string of the molecule is COc1ccc(Oc2ccccc2I)nc1. The maximum atomic E-state index is 5.63. The summed E-state index contributed by atoms with van der Waals surface area (Å²) < 4.78 is 11.7. The Hall–Kier alpha value is -1.30. The Kier molecular flexibility index (Phi) is 3.61. The van der Waals surface area contributed by atoms with Crippen molar-refractivity contribution in [2.24, 2.45) is 0 Å². The van der Waals surface area contributed by atoms with Gasteiger partial charge in [-0.1, -0.05) is 12.1 Å². The molecule has 1 heterocycles. The fourth-order valence-electron chi connectivity index (χ4n) is 1.19. The minimum atomic E-state index is 0.560. The van der Waals surface area contributed by atoms with Gasteiger partial charge in [-0.25, -0.2) is 4.98 Å². The van der Waals surface area contributed by atoms with Crippen molar-refractivity contribution in [2.45, 2.75) is 0 Å². The number of hydrogen-bond donors (Lipinski definition) is 0. The first-order valence-corrected chi connectivity index (χ1v) is 5.80. The number of pyridine rings is 1. The van der Waals surface area contributed by atoms with Gasteiger partial charge >= 0.3 is 0 Å². The van der Waals surface area contributed by atoms with E-state index in [1.165, 1.54) is 0 Å². The molecule has 2 aromatic rings. The molecule has 16 heavy (non-hydrogen) atoms. The molecule has 0 fully saturated rings. The zero-order chi connectivity index (χ0) is 11.4. The van der Waals surface area contributed by atoms with E-state index in [2.05, 4.69) is 27.6 Å². The van der Waals surface area contributed by atoms with Crippen LogP contribution in [-0.2, 0) is 0 Å². The summed E-state index contributed by atoms with van der Waals surface area (Å²) in [6.07, 6.45) is 1.63. The number of nitrogens with zero attached hydrogens (tertiary/aromatic N) is 1. The summed E-state index contributed by atoms with van der Waals surface area (Å²) in [6, 6.07) is 11.4. The van der Waals surface area contributed by atoms with Gasteiger partial charge in [0.15, 0.2) is 0 Å². The highest BCUT2D eigenvalue weighted by Crippen LogP contribution is 2.25. The minimum Gasteiger partial charge on any atom is -0.495 e. The summed E-state index contributed by atoms with van der Waals surface area (Å²) in [4.78, 5) is 4.14. The highest BCUT2D eigenvalue weighted by molar-refractivity contribution is 14.1. The Morgan fingerprint density at radius 1 is 1.12 bits per heavy atom. The lowest BCUT2D eigenvalue weighted by Crippen LogP contribution is -1.90. The highest BCUT2D eigenvalue weighted by Gasteiger charge is 2.02. The van der Waals surface area contributed by atoms with Gasteiger partial charge < -0.3 is 9.47 Å². The molecule has 0 amide bonds. The lowest BCUT2D eigenvalue weighted by atomic mass is 10.3. The average molecular weight is 327 g/mol. The van der Waals surface area contributed by atoms with E-state index in [9.17, 15) is 0 Å². The minimum absolute atomic E-state index is 0.560. The van der Waals surface area contributed by atoms with E-state index in [1.54, 1.807) is 19.4 Å². The van der Waals surface area contributed by atoms with Crippen LogP contribution >= 0.6 is 22.6 Å². The van der Waals surface area contributed by atoms with Crippen LogP contribution in [0.1, 0.15) is 0 Å². The third-order valence-electron chi connectivity index (χ3n) is 2.00. The molecule has 0 bridgehead atoms. The number of ether oxygens (including phenoxy) is 2. The number of benzene rings is 1. The Balaban J connectivity index is 2.18. The first-order chi connectivity index (χ1) is 7.79. The molecule has 0 saturated heterocycles. The molecule has 2 rings (SSSR count). The van der Waals surface area contributed by atoms with Crippen molar-refractivity contribution in [1.82, 2.24) is 4.98 Å². The molecule has 0 aliphatic heterocycles. The van der Waals surface area contributed by atoms with Crippen molar-refractivity contribution in [3.05, 3.63) is 46.2 Å². The first kappa shape index (κ1) is 11.2. The van der Waals surface area contributed by atoms with Gasteiger partial charge in [0.1, 0.15) is 11.5 Å². The van der Waals surface area contributed by atoms with Crippen LogP contribution in [0.2, 0.25) is 0 Å². The van der Waals surface area contributed by atoms with Crippen LogP contribution in [0.5, 0.6) is 17.4 Å². The maximum absolute atomic E-state index is 5.63. The molecule has 0 aliphatic carbocycles. The van der Waals surface area contributed by atoms with Crippen LogP contribution in [0.4, 0.5) is 0 Å². The molecule has 0 atom stereocenters. The zero-order valence-electron chi connectivity index (χ0n) is 8.68.